The van der Waals surface area contributed by atoms with Crippen molar-refractivity contribution in [2.75, 3.05) is 7.05 Å². The summed E-state index contributed by atoms with van der Waals surface area (Å²) in [4.78, 5) is 30.7. The average Bonchev–Trinajstić information content (AvgIpc) is 2.94. The van der Waals surface area contributed by atoms with Gasteiger partial charge in [-0.05, 0) is 12.8 Å². The molecule has 1 unspecified atom stereocenters. The van der Waals surface area contributed by atoms with Crippen molar-refractivity contribution in [3.63, 3.8) is 0 Å². The fourth-order valence-corrected chi connectivity index (χ4v) is 2.92. The molecule has 1 rings (SSSR count). The largest absolute Gasteiger partial charge is 0.328 e. The Morgan fingerprint density at radius 2 is 1.83 bits per heavy atom. The third-order valence-corrected chi connectivity index (χ3v) is 4.47. The molecule has 132 valence electrons. The van der Waals surface area contributed by atoms with Gasteiger partial charge in [-0.25, -0.2) is 9.78 Å². The predicted octanol–water partition coefficient (Wildman–Crippen LogP) is 4.05. The third-order valence-electron chi connectivity index (χ3n) is 3.19. The highest BCUT2D eigenvalue weighted by Gasteiger charge is 2.22. The minimum Gasteiger partial charge on any atom is -0.328 e. The Kier molecular flexibility index (Phi) is 9.72. The maximum absolute atomic E-state index is 12.2. The van der Waals surface area contributed by atoms with Gasteiger partial charge in [0.1, 0.15) is 0 Å². The van der Waals surface area contributed by atoms with E-state index in [0.717, 1.165) is 9.88 Å². The second-order valence-electron chi connectivity index (χ2n) is 5.96. The Balaban J connectivity index is 0.00000232. The van der Waals surface area contributed by atoms with Crippen molar-refractivity contribution in [2.45, 2.75) is 67.0 Å². The van der Waals surface area contributed by atoms with Gasteiger partial charge in [-0.3, -0.25) is 4.79 Å². The van der Waals surface area contributed by atoms with E-state index in [1.165, 1.54) is 6.92 Å². The topological polar surface area (TPSA) is 62.3 Å². The van der Waals surface area contributed by atoms with Crippen LogP contribution < -0.4 is 5.32 Å². The SMILES string of the molecule is CC.CC(=O)C(NC(=O)N(C)Cc1cnc(C(C)C)s1)C(C)C. The van der Waals surface area contributed by atoms with Gasteiger partial charge in [0.25, 0.3) is 0 Å². The van der Waals surface area contributed by atoms with Crippen LogP contribution in [0.15, 0.2) is 6.20 Å². The van der Waals surface area contributed by atoms with Crippen molar-refractivity contribution >= 4 is 23.2 Å². The fourth-order valence-electron chi connectivity index (χ4n) is 1.95. The van der Waals surface area contributed by atoms with E-state index in [4.69, 9.17) is 0 Å². The minimum atomic E-state index is -0.437. The number of aromatic nitrogens is 1. The molecule has 0 bridgehead atoms. The molecule has 0 fully saturated rings. The van der Waals surface area contributed by atoms with Gasteiger partial charge in [0.05, 0.1) is 17.6 Å². The molecule has 5 nitrogen and oxygen atoms in total. The van der Waals surface area contributed by atoms with Crippen LogP contribution in [0.2, 0.25) is 0 Å². The number of hydrogen-bond acceptors (Lipinski definition) is 4. The Morgan fingerprint density at radius 3 is 2.22 bits per heavy atom. The first kappa shape index (κ1) is 21.6. The van der Waals surface area contributed by atoms with Crippen molar-refractivity contribution < 1.29 is 9.59 Å². The zero-order valence-corrected chi connectivity index (χ0v) is 16.5. The van der Waals surface area contributed by atoms with Gasteiger partial charge in [-0.15, -0.1) is 11.3 Å². The molecule has 6 heteroatoms. The van der Waals surface area contributed by atoms with Gasteiger partial charge in [-0.1, -0.05) is 41.5 Å². The van der Waals surface area contributed by atoms with Crippen LogP contribution in [0, 0.1) is 5.92 Å². The van der Waals surface area contributed by atoms with Crippen LogP contribution in [0.4, 0.5) is 4.79 Å². The molecular weight excluding hydrogens is 310 g/mol. The molecule has 1 heterocycles. The molecule has 0 saturated heterocycles. The minimum absolute atomic E-state index is 0.0216. The number of nitrogens with one attached hydrogen (secondary N) is 1. The van der Waals surface area contributed by atoms with Gasteiger partial charge in [0.15, 0.2) is 5.78 Å². The van der Waals surface area contributed by atoms with Crippen LogP contribution in [0.3, 0.4) is 0 Å². The van der Waals surface area contributed by atoms with Crippen molar-refractivity contribution in [1.82, 2.24) is 15.2 Å². The lowest BCUT2D eigenvalue weighted by Gasteiger charge is -2.24. The summed E-state index contributed by atoms with van der Waals surface area (Å²) in [6.07, 6.45) is 1.81. The Bertz CT molecular complexity index is 498. The summed E-state index contributed by atoms with van der Waals surface area (Å²) in [5.74, 6) is 0.452. The highest BCUT2D eigenvalue weighted by molar-refractivity contribution is 7.11. The summed E-state index contributed by atoms with van der Waals surface area (Å²) >= 11 is 1.62. The Hall–Kier alpha value is -1.43. The lowest BCUT2D eigenvalue weighted by Crippen LogP contribution is -2.48. The molecular formula is C17H31N3O2S. The van der Waals surface area contributed by atoms with Crippen molar-refractivity contribution in [2.24, 2.45) is 5.92 Å². The number of rotatable bonds is 6. The monoisotopic (exact) mass is 341 g/mol. The molecule has 23 heavy (non-hydrogen) atoms. The number of amides is 2. The molecule has 0 aliphatic heterocycles. The van der Waals surface area contributed by atoms with E-state index in [9.17, 15) is 9.59 Å². The summed E-state index contributed by atoms with van der Waals surface area (Å²) in [6, 6.07) is -0.670. The number of thiazole rings is 1. The second kappa shape index (κ2) is 10.4. The molecule has 0 aliphatic carbocycles. The van der Waals surface area contributed by atoms with E-state index in [1.54, 1.807) is 23.3 Å². The molecule has 0 saturated carbocycles. The van der Waals surface area contributed by atoms with E-state index >= 15 is 0 Å². The number of hydrogen-bond donors (Lipinski definition) is 1. The first-order chi connectivity index (χ1) is 10.7. The predicted molar refractivity (Wildman–Crippen MR) is 96.9 cm³/mol. The summed E-state index contributed by atoms with van der Waals surface area (Å²) in [7, 11) is 1.72. The van der Waals surface area contributed by atoms with Crippen LogP contribution in [0.25, 0.3) is 0 Å². The lowest BCUT2D eigenvalue weighted by molar-refractivity contribution is -0.119. The van der Waals surface area contributed by atoms with Gasteiger partial charge < -0.3 is 10.2 Å². The first-order valence-corrected chi connectivity index (χ1v) is 9.00. The van der Waals surface area contributed by atoms with E-state index in [2.05, 4.69) is 24.1 Å². The van der Waals surface area contributed by atoms with E-state index in [0.29, 0.717) is 12.5 Å². The van der Waals surface area contributed by atoms with E-state index < -0.39 is 6.04 Å². The summed E-state index contributed by atoms with van der Waals surface area (Å²) in [6.45, 7) is 14.0. The van der Waals surface area contributed by atoms with Crippen molar-refractivity contribution in [3.8, 4) is 0 Å². The number of carbonyl (C=O) groups excluding carboxylic acids is 2. The maximum atomic E-state index is 12.2. The highest BCUT2D eigenvalue weighted by Crippen LogP contribution is 2.21. The van der Waals surface area contributed by atoms with Crippen molar-refractivity contribution in [1.29, 1.82) is 0 Å². The number of carbonyl (C=O) groups is 2. The summed E-state index contributed by atoms with van der Waals surface area (Å²) in [5.41, 5.74) is 0. The fraction of sp³-hybridized carbons (Fsp3) is 0.706. The van der Waals surface area contributed by atoms with Crippen LogP contribution >= 0.6 is 11.3 Å². The maximum Gasteiger partial charge on any atom is 0.318 e. The number of Topliss-reactive ketones (excluding diaryl/α,β-unsaturated/α-hetero) is 1. The van der Waals surface area contributed by atoms with E-state index in [1.807, 2.05) is 33.9 Å². The van der Waals surface area contributed by atoms with Gasteiger partial charge in [-0.2, -0.15) is 0 Å². The number of ketones is 1. The standard InChI is InChI=1S/C15H25N3O2S.C2H6/c1-9(2)13(11(5)19)17-15(20)18(6)8-12-7-16-14(21-12)10(3)4;1-2/h7,9-10,13H,8H2,1-6H3,(H,17,20);1-2H3. The molecule has 1 N–H and O–H groups in total. The Morgan fingerprint density at radius 1 is 1.26 bits per heavy atom. The molecule has 2 amide bonds. The molecule has 0 spiro atoms. The molecule has 0 radical (unpaired) electrons. The van der Waals surface area contributed by atoms with Crippen molar-refractivity contribution in [3.05, 3.63) is 16.1 Å². The molecule has 1 aromatic heterocycles. The summed E-state index contributed by atoms with van der Waals surface area (Å²) < 4.78 is 0. The normalized spacial score (nSPS) is 11.7. The zero-order valence-electron chi connectivity index (χ0n) is 15.6. The number of nitrogens with zero attached hydrogens (tertiary/aromatic N) is 2. The van der Waals surface area contributed by atoms with Crippen LogP contribution in [0.5, 0.6) is 0 Å². The lowest BCUT2D eigenvalue weighted by atomic mass is 10.0. The quantitative estimate of drug-likeness (QED) is 0.849. The van der Waals surface area contributed by atoms with Crippen LogP contribution in [-0.4, -0.2) is 34.8 Å². The summed E-state index contributed by atoms with van der Waals surface area (Å²) in [5, 5.41) is 3.86. The van der Waals surface area contributed by atoms with Crippen LogP contribution in [0.1, 0.15) is 64.3 Å². The van der Waals surface area contributed by atoms with E-state index in [-0.39, 0.29) is 17.7 Å². The van der Waals surface area contributed by atoms with Gasteiger partial charge in [0, 0.05) is 24.0 Å². The third kappa shape index (κ3) is 7.12. The highest BCUT2D eigenvalue weighted by atomic mass is 32.1. The Labute approximate surface area is 144 Å². The second-order valence-corrected chi connectivity index (χ2v) is 7.10. The van der Waals surface area contributed by atoms with Gasteiger partial charge >= 0.3 is 6.03 Å². The smallest absolute Gasteiger partial charge is 0.318 e. The molecule has 1 atom stereocenters. The van der Waals surface area contributed by atoms with Gasteiger partial charge in [0.2, 0.25) is 0 Å². The van der Waals surface area contributed by atoms with Crippen LogP contribution in [-0.2, 0) is 11.3 Å². The number of urea groups is 1. The molecule has 0 aliphatic rings. The molecule has 0 aromatic carbocycles. The first-order valence-electron chi connectivity index (χ1n) is 8.19. The average molecular weight is 342 g/mol. The molecule has 1 aromatic rings. The zero-order chi connectivity index (χ0) is 18.2.